The third-order valence-electron chi connectivity index (χ3n) is 3.27. The number of carbonyl (C=O) groups is 1. The molecule has 0 fully saturated rings. The molecule has 1 unspecified atom stereocenters. The lowest BCUT2D eigenvalue weighted by Crippen LogP contribution is -2.38. The van der Waals surface area contributed by atoms with Crippen molar-refractivity contribution in [2.75, 3.05) is 11.4 Å². The van der Waals surface area contributed by atoms with Crippen molar-refractivity contribution in [3.8, 4) is 0 Å². The van der Waals surface area contributed by atoms with E-state index in [0.29, 0.717) is 12.2 Å². The highest BCUT2D eigenvalue weighted by atomic mass is 16.2. The van der Waals surface area contributed by atoms with Crippen molar-refractivity contribution in [3.63, 3.8) is 0 Å². The molecule has 0 aliphatic carbocycles. The number of H-pyrrole nitrogens is 1. The van der Waals surface area contributed by atoms with Gasteiger partial charge in [-0.2, -0.15) is 5.10 Å². The van der Waals surface area contributed by atoms with Crippen LogP contribution in [0, 0.1) is 0 Å². The van der Waals surface area contributed by atoms with Crippen LogP contribution < -0.4 is 10.6 Å². The van der Waals surface area contributed by atoms with Crippen molar-refractivity contribution >= 4 is 11.6 Å². The molecular formula is C13H14N4O. The zero-order chi connectivity index (χ0) is 12.5. The van der Waals surface area contributed by atoms with Crippen LogP contribution >= 0.6 is 0 Å². The third-order valence-corrected chi connectivity index (χ3v) is 3.27. The first-order chi connectivity index (χ1) is 8.77. The summed E-state index contributed by atoms with van der Waals surface area (Å²) < 4.78 is 0. The summed E-state index contributed by atoms with van der Waals surface area (Å²) in [5.41, 5.74) is 8.49. The van der Waals surface area contributed by atoms with Crippen LogP contribution in [0.15, 0.2) is 36.5 Å². The quantitative estimate of drug-likeness (QED) is 0.795. The smallest absolute Gasteiger partial charge is 0.276 e. The first-order valence-electron chi connectivity index (χ1n) is 5.93. The summed E-state index contributed by atoms with van der Waals surface area (Å²) >= 11 is 0. The van der Waals surface area contributed by atoms with E-state index in [4.69, 9.17) is 5.73 Å². The molecule has 0 spiro atoms. The molecule has 1 aromatic carbocycles. The minimum absolute atomic E-state index is 0.00650. The number of para-hydroxylation sites is 1. The van der Waals surface area contributed by atoms with E-state index in [1.807, 2.05) is 24.3 Å². The number of nitrogens with two attached hydrogens (primary N) is 1. The highest BCUT2D eigenvalue weighted by molar-refractivity contribution is 6.05. The van der Waals surface area contributed by atoms with Crippen LogP contribution in [0.2, 0.25) is 0 Å². The first-order valence-corrected chi connectivity index (χ1v) is 5.93. The minimum Gasteiger partial charge on any atom is -0.324 e. The Bertz CT molecular complexity index is 564. The molecule has 5 nitrogen and oxygen atoms in total. The Morgan fingerprint density at radius 2 is 2.22 bits per heavy atom. The molecule has 92 valence electrons. The van der Waals surface area contributed by atoms with Crippen molar-refractivity contribution in [2.24, 2.45) is 5.73 Å². The van der Waals surface area contributed by atoms with Crippen LogP contribution in [0.25, 0.3) is 0 Å². The number of hydrogen-bond acceptors (Lipinski definition) is 3. The second-order valence-electron chi connectivity index (χ2n) is 4.38. The van der Waals surface area contributed by atoms with Crippen molar-refractivity contribution < 1.29 is 4.79 Å². The molecule has 1 aliphatic rings. The number of anilines is 1. The van der Waals surface area contributed by atoms with Crippen LogP contribution in [-0.4, -0.2) is 22.6 Å². The third kappa shape index (κ3) is 1.69. The number of carbonyl (C=O) groups excluding carboxylic acids is 1. The van der Waals surface area contributed by atoms with Gasteiger partial charge in [-0.05, 0) is 24.1 Å². The van der Waals surface area contributed by atoms with Gasteiger partial charge in [0.05, 0.1) is 0 Å². The van der Waals surface area contributed by atoms with E-state index in [0.717, 1.165) is 17.7 Å². The molecule has 18 heavy (non-hydrogen) atoms. The van der Waals surface area contributed by atoms with Crippen molar-refractivity contribution in [1.29, 1.82) is 0 Å². The fraction of sp³-hybridized carbons (Fsp3) is 0.231. The van der Waals surface area contributed by atoms with E-state index in [-0.39, 0.29) is 11.9 Å². The second kappa shape index (κ2) is 4.27. The van der Waals surface area contributed by atoms with Crippen molar-refractivity contribution in [3.05, 3.63) is 47.8 Å². The van der Waals surface area contributed by atoms with Gasteiger partial charge in [0.2, 0.25) is 0 Å². The van der Waals surface area contributed by atoms with Gasteiger partial charge in [-0.3, -0.25) is 9.89 Å². The molecule has 1 aromatic heterocycles. The topological polar surface area (TPSA) is 75.0 Å². The molecule has 3 N–H and O–H groups in total. The summed E-state index contributed by atoms with van der Waals surface area (Å²) in [6.45, 7) is 0.635. The fourth-order valence-corrected chi connectivity index (χ4v) is 2.32. The Labute approximate surface area is 105 Å². The average molecular weight is 242 g/mol. The van der Waals surface area contributed by atoms with E-state index in [2.05, 4.69) is 10.2 Å². The van der Waals surface area contributed by atoms with Crippen LogP contribution in [0.5, 0.6) is 0 Å². The molecule has 1 aliphatic heterocycles. The van der Waals surface area contributed by atoms with Crippen LogP contribution in [0.3, 0.4) is 0 Å². The number of benzene rings is 1. The van der Waals surface area contributed by atoms with E-state index < -0.39 is 0 Å². The lowest BCUT2D eigenvalue weighted by Gasteiger charge is -2.32. The van der Waals surface area contributed by atoms with Crippen molar-refractivity contribution in [1.82, 2.24) is 10.2 Å². The van der Waals surface area contributed by atoms with Gasteiger partial charge in [0.1, 0.15) is 5.69 Å². The van der Waals surface area contributed by atoms with Gasteiger partial charge in [-0.15, -0.1) is 0 Å². The monoisotopic (exact) mass is 242 g/mol. The average Bonchev–Trinajstić information content (AvgIpc) is 2.93. The lowest BCUT2D eigenvalue weighted by molar-refractivity contribution is 0.0979. The molecule has 1 amide bonds. The summed E-state index contributed by atoms with van der Waals surface area (Å²) in [6, 6.07) is 9.47. The van der Waals surface area contributed by atoms with Gasteiger partial charge in [-0.25, -0.2) is 0 Å². The molecule has 2 heterocycles. The largest absolute Gasteiger partial charge is 0.324 e. The number of nitrogens with one attached hydrogen (secondary N) is 1. The van der Waals surface area contributed by atoms with Gasteiger partial charge in [-0.1, -0.05) is 18.2 Å². The summed E-state index contributed by atoms with van der Waals surface area (Å²) in [4.78, 5) is 14.1. The van der Waals surface area contributed by atoms with E-state index in [1.54, 1.807) is 17.2 Å². The van der Waals surface area contributed by atoms with Gasteiger partial charge < -0.3 is 10.6 Å². The predicted molar refractivity (Wildman–Crippen MR) is 68.3 cm³/mol. The summed E-state index contributed by atoms with van der Waals surface area (Å²) in [6.07, 6.45) is 2.35. The lowest BCUT2D eigenvalue weighted by atomic mass is 9.97. The van der Waals surface area contributed by atoms with E-state index in [9.17, 15) is 4.79 Å². The number of aromatic amines is 1. The molecule has 5 heteroatoms. The molecule has 3 rings (SSSR count). The molecule has 0 radical (unpaired) electrons. The zero-order valence-electron chi connectivity index (χ0n) is 9.84. The first kappa shape index (κ1) is 11.0. The zero-order valence-corrected chi connectivity index (χ0v) is 9.84. The summed E-state index contributed by atoms with van der Waals surface area (Å²) in [7, 11) is 0. The standard InChI is InChI=1S/C13H14N4O/c14-10-6-8-17(12-4-2-1-3-9(10)12)13(18)11-5-7-15-16-11/h1-5,7,10H,6,8,14H2,(H,15,16). The number of nitrogens with zero attached hydrogens (tertiary/aromatic N) is 2. The van der Waals surface area contributed by atoms with Gasteiger partial charge >= 0.3 is 0 Å². The maximum absolute atomic E-state index is 12.3. The van der Waals surface area contributed by atoms with E-state index in [1.165, 1.54) is 0 Å². The number of aromatic nitrogens is 2. The summed E-state index contributed by atoms with van der Waals surface area (Å²) in [5, 5.41) is 6.52. The van der Waals surface area contributed by atoms with Crippen LogP contribution in [0.4, 0.5) is 5.69 Å². The molecule has 0 bridgehead atoms. The van der Waals surface area contributed by atoms with Crippen LogP contribution in [-0.2, 0) is 0 Å². The normalized spacial score (nSPS) is 18.5. The molecule has 0 saturated heterocycles. The predicted octanol–water partition coefficient (Wildman–Crippen LogP) is 1.46. The highest BCUT2D eigenvalue weighted by Gasteiger charge is 2.27. The van der Waals surface area contributed by atoms with Crippen molar-refractivity contribution in [2.45, 2.75) is 12.5 Å². The number of fused-ring (bicyclic) bond motifs is 1. The Balaban J connectivity index is 2.00. The van der Waals surface area contributed by atoms with Crippen LogP contribution in [0.1, 0.15) is 28.5 Å². The number of amides is 1. The Morgan fingerprint density at radius 3 is 3.00 bits per heavy atom. The maximum atomic E-state index is 12.3. The van der Waals surface area contributed by atoms with E-state index >= 15 is 0 Å². The Hall–Kier alpha value is -2.14. The molecule has 1 atom stereocenters. The molecule has 2 aromatic rings. The second-order valence-corrected chi connectivity index (χ2v) is 4.38. The molecule has 0 saturated carbocycles. The van der Waals surface area contributed by atoms with Gasteiger partial charge in [0, 0.05) is 24.5 Å². The van der Waals surface area contributed by atoms with Gasteiger partial charge in [0.25, 0.3) is 5.91 Å². The maximum Gasteiger partial charge on any atom is 0.276 e. The minimum atomic E-state index is -0.0631. The highest BCUT2D eigenvalue weighted by Crippen LogP contribution is 2.32. The molecular weight excluding hydrogens is 228 g/mol. The number of rotatable bonds is 1. The Morgan fingerprint density at radius 1 is 1.39 bits per heavy atom. The summed E-state index contributed by atoms with van der Waals surface area (Å²) in [5.74, 6) is -0.0631. The SMILES string of the molecule is NC1CCN(C(=O)c2ccn[nH]2)c2ccccc21. The van der Waals surface area contributed by atoms with Gasteiger partial charge in [0.15, 0.2) is 0 Å². The number of hydrogen-bond donors (Lipinski definition) is 2. The Kier molecular flexibility index (Phi) is 2.60. The fourth-order valence-electron chi connectivity index (χ4n) is 2.32.